The van der Waals surface area contributed by atoms with Gasteiger partial charge in [0.1, 0.15) is 0 Å². The van der Waals surface area contributed by atoms with E-state index in [1.165, 1.54) is 33.4 Å². The molecular weight excluding hydrogens is 631 g/mol. The van der Waals surface area contributed by atoms with E-state index < -0.39 is 0 Å². The van der Waals surface area contributed by atoms with Crippen LogP contribution in [-0.2, 0) is 6.42 Å². The van der Waals surface area contributed by atoms with Crippen molar-refractivity contribution in [1.29, 1.82) is 0 Å². The van der Waals surface area contributed by atoms with Crippen molar-refractivity contribution in [1.82, 2.24) is 0 Å². The summed E-state index contributed by atoms with van der Waals surface area (Å²) in [4.78, 5) is 10.4. The van der Waals surface area contributed by atoms with Crippen molar-refractivity contribution in [3.05, 3.63) is 184 Å². The number of rotatable bonds is 9. The van der Waals surface area contributed by atoms with Crippen molar-refractivity contribution in [3.63, 3.8) is 0 Å². The summed E-state index contributed by atoms with van der Waals surface area (Å²) in [5, 5.41) is 3.87. The molecule has 0 bridgehead atoms. The lowest BCUT2D eigenvalue weighted by Gasteiger charge is -2.25. The Bertz CT molecular complexity index is 2150. The van der Waals surface area contributed by atoms with Gasteiger partial charge in [-0.05, 0) is 117 Å². The highest BCUT2D eigenvalue weighted by atomic mass is 15.0. The van der Waals surface area contributed by atoms with Crippen LogP contribution in [0.5, 0.6) is 0 Å². The lowest BCUT2D eigenvalue weighted by molar-refractivity contribution is 0.914. The molecular formula is C49H51N3. The van der Waals surface area contributed by atoms with Crippen molar-refractivity contribution in [2.75, 3.05) is 5.32 Å². The van der Waals surface area contributed by atoms with Gasteiger partial charge in [0.15, 0.2) is 0 Å². The van der Waals surface area contributed by atoms with Gasteiger partial charge in [0.25, 0.3) is 0 Å². The number of nitrogens with one attached hydrogen (secondary N) is 1. The second kappa shape index (κ2) is 17.1. The van der Waals surface area contributed by atoms with E-state index in [2.05, 4.69) is 193 Å². The maximum Gasteiger partial charge on any atom is 0.0942 e. The molecule has 262 valence electrons. The Kier molecular flexibility index (Phi) is 11.9. The fourth-order valence-electron chi connectivity index (χ4n) is 6.98. The highest BCUT2D eigenvalue weighted by Crippen LogP contribution is 2.41. The number of allylic oxidation sites excluding steroid dienone is 8. The largest absolute Gasteiger partial charge is 0.372 e. The first-order chi connectivity index (χ1) is 25.3. The van der Waals surface area contributed by atoms with Crippen molar-refractivity contribution < 1.29 is 0 Å². The summed E-state index contributed by atoms with van der Waals surface area (Å²) < 4.78 is 0. The Hall–Kier alpha value is -5.54. The zero-order valence-electron chi connectivity index (χ0n) is 31.5. The summed E-state index contributed by atoms with van der Waals surface area (Å²) in [5.74, 6) is 0. The average molecular weight is 682 g/mol. The van der Waals surface area contributed by atoms with Crippen molar-refractivity contribution >= 4 is 40.5 Å². The van der Waals surface area contributed by atoms with E-state index >= 15 is 0 Å². The van der Waals surface area contributed by atoms with Crippen molar-refractivity contribution in [3.8, 4) is 0 Å². The highest BCUT2D eigenvalue weighted by Gasteiger charge is 2.20. The Morgan fingerprint density at radius 1 is 0.885 bits per heavy atom. The molecule has 1 N–H and O–H groups in total. The van der Waals surface area contributed by atoms with E-state index in [4.69, 9.17) is 9.98 Å². The molecule has 2 aliphatic heterocycles. The zero-order chi connectivity index (χ0) is 36.5. The van der Waals surface area contributed by atoms with E-state index in [1.54, 1.807) is 0 Å². The summed E-state index contributed by atoms with van der Waals surface area (Å²) in [6.45, 7) is 12.8. The van der Waals surface area contributed by atoms with E-state index in [0.717, 1.165) is 64.3 Å². The number of nitrogens with zero attached hydrogens (tertiary/aromatic N) is 2. The van der Waals surface area contributed by atoms with Gasteiger partial charge in [-0.15, -0.1) is 0 Å². The average Bonchev–Trinajstić information content (AvgIpc) is 3.27. The number of anilines is 1. The number of hydrogen-bond acceptors (Lipinski definition) is 3. The summed E-state index contributed by atoms with van der Waals surface area (Å²) >= 11 is 0. The quantitative estimate of drug-likeness (QED) is 0.139. The van der Waals surface area contributed by atoms with Gasteiger partial charge in [0, 0.05) is 17.0 Å². The van der Waals surface area contributed by atoms with Crippen LogP contribution >= 0.6 is 0 Å². The molecule has 2 atom stereocenters. The van der Waals surface area contributed by atoms with Gasteiger partial charge < -0.3 is 5.32 Å². The summed E-state index contributed by atoms with van der Waals surface area (Å²) in [7, 11) is 0. The van der Waals surface area contributed by atoms with Crippen LogP contribution in [0.1, 0.15) is 105 Å². The minimum atomic E-state index is 0.0347. The van der Waals surface area contributed by atoms with Gasteiger partial charge in [-0.3, -0.25) is 9.98 Å². The van der Waals surface area contributed by atoms with Crippen LogP contribution in [0, 0.1) is 0 Å². The Morgan fingerprint density at radius 2 is 1.71 bits per heavy atom. The van der Waals surface area contributed by atoms with Gasteiger partial charge in [0.05, 0.1) is 23.5 Å². The van der Waals surface area contributed by atoms with Gasteiger partial charge in [-0.25, -0.2) is 0 Å². The first-order valence-corrected chi connectivity index (χ1v) is 18.6. The second-order valence-electron chi connectivity index (χ2n) is 13.8. The van der Waals surface area contributed by atoms with Gasteiger partial charge in [-0.1, -0.05) is 140 Å². The van der Waals surface area contributed by atoms with E-state index in [1.807, 2.05) is 0 Å². The lowest BCUT2D eigenvalue weighted by Crippen LogP contribution is -2.13. The second-order valence-corrected chi connectivity index (χ2v) is 13.8. The molecule has 0 fully saturated rings. The fourth-order valence-corrected chi connectivity index (χ4v) is 6.98. The summed E-state index contributed by atoms with van der Waals surface area (Å²) in [6, 6.07) is 31.1. The number of fused-ring (bicyclic) bond motifs is 1. The van der Waals surface area contributed by atoms with Crippen molar-refractivity contribution in [2.24, 2.45) is 9.98 Å². The zero-order valence-corrected chi connectivity index (χ0v) is 31.5. The standard InChI is InChI=1S/C49H51N3/c1-7-16-34(3)36(5)45-22-14-13-19-43(45)32-38-24-26-39(27-25-38)47-31-30-41-29-28-40(17-8-2)48(49(41)52-47)51-37(6)42-20-15-21-44(33-42)46-23-12-10-9-11-18-35(4)50-46/h7-11,13-22,24-31,33,35,47,52H,12,23,32H2,1-6H3/b10-9-,16-7-,17-8-,18-11-,36-34+,50-46?,51-37?. The van der Waals surface area contributed by atoms with Crippen LogP contribution in [0.15, 0.2) is 149 Å². The SMILES string of the molecule is C/C=C\C(C)=C(/C)c1ccccc1Cc1ccc(C2C=Cc3ccc(/C=C\C)c(N=C(C)c4cccc(C5=NC(C)/C=C\C=C/CC5)c4)c3N2)cc1. The monoisotopic (exact) mass is 681 g/mol. The first kappa shape index (κ1) is 36.3. The molecule has 2 aliphatic rings. The normalized spacial score (nSPS) is 19.3. The van der Waals surface area contributed by atoms with Crippen LogP contribution in [-0.4, -0.2) is 17.5 Å². The smallest absolute Gasteiger partial charge is 0.0942 e. The van der Waals surface area contributed by atoms with E-state index in [9.17, 15) is 0 Å². The van der Waals surface area contributed by atoms with E-state index in [-0.39, 0.29) is 12.1 Å². The Morgan fingerprint density at radius 3 is 2.52 bits per heavy atom. The molecule has 0 saturated heterocycles. The molecule has 6 rings (SSSR count). The predicted molar refractivity (Wildman–Crippen MR) is 227 cm³/mol. The third kappa shape index (κ3) is 8.66. The number of benzene rings is 4. The minimum absolute atomic E-state index is 0.0347. The Balaban J connectivity index is 1.27. The maximum absolute atomic E-state index is 5.35. The summed E-state index contributed by atoms with van der Waals surface area (Å²) in [6.07, 6.45) is 24.4. The fraction of sp³-hybridized carbons (Fsp3) is 0.224. The molecule has 52 heavy (non-hydrogen) atoms. The molecule has 0 amide bonds. The third-order valence-electron chi connectivity index (χ3n) is 9.96. The third-order valence-corrected chi connectivity index (χ3v) is 9.96. The molecule has 4 aromatic rings. The maximum atomic E-state index is 5.35. The van der Waals surface area contributed by atoms with Crippen LogP contribution < -0.4 is 5.32 Å². The molecule has 2 unspecified atom stereocenters. The van der Waals surface area contributed by atoms with Gasteiger partial charge in [0.2, 0.25) is 0 Å². The van der Waals surface area contributed by atoms with Crippen LogP contribution in [0.3, 0.4) is 0 Å². The molecule has 3 nitrogen and oxygen atoms in total. The van der Waals surface area contributed by atoms with Crippen molar-refractivity contribution in [2.45, 2.75) is 72.9 Å². The Labute approximate surface area is 311 Å². The molecule has 0 aromatic heterocycles. The predicted octanol–water partition coefficient (Wildman–Crippen LogP) is 13.1. The molecule has 0 radical (unpaired) electrons. The van der Waals surface area contributed by atoms with Gasteiger partial charge >= 0.3 is 0 Å². The van der Waals surface area contributed by atoms with Gasteiger partial charge in [-0.2, -0.15) is 0 Å². The number of hydrogen-bond donors (Lipinski definition) is 1. The van der Waals surface area contributed by atoms with Crippen LogP contribution in [0.4, 0.5) is 11.4 Å². The topological polar surface area (TPSA) is 36.8 Å². The number of aliphatic imine (C=N–C) groups is 2. The van der Waals surface area contributed by atoms with E-state index in [0.29, 0.717) is 0 Å². The highest BCUT2D eigenvalue weighted by molar-refractivity contribution is 6.06. The lowest BCUT2D eigenvalue weighted by atomic mass is 9.92. The summed E-state index contributed by atoms with van der Waals surface area (Å²) in [5.41, 5.74) is 16.4. The molecule has 0 spiro atoms. The molecule has 0 aliphatic carbocycles. The van der Waals surface area contributed by atoms with Crippen LogP contribution in [0.2, 0.25) is 0 Å². The van der Waals surface area contributed by atoms with Crippen LogP contribution in [0.25, 0.3) is 17.7 Å². The molecule has 3 heteroatoms. The molecule has 2 heterocycles. The first-order valence-electron chi connectivity index (χ1n) is 18.6. The molecule has 4 aromatic carbocycles. The minimum Gasteiger partial charge on any atom is -0.372 e. The molecule has 0 saturated carbocycles.